The highest BCUT2D eigenvalue weighted by atomic mass is 32.1. The highest BCUT2D eigenvalue weighted by molar-refractivity contribution is 7.10. The summed E-state index contributed by atoms with van der Waals surface area (Å²) in [6.07, 6.45) is 2.77. The first-order chi connectivity index (χ1) is 15.7. The Kier molecular flexibility index (Phi) is 5.60. The Morgan fingerprint density at radius 3 is 2.59 bits per heavy atom. The van der Waals surface area contributed by atoms with E-state index in [1.807, 2.05) is 65.9 Å². The molecular formula is C26H23N3O2S. The van der Waals surface area contributed by atoms with Gasteiger partial charge in [-0.1, -0.05) is 30.3 Å². The molecule has 0 aliphatic carbocycles. The molecule has 1 amide bonds. The van der Waals surface area contributed by atoms with E-state index in [4.69, 9.17) is 0 Å². The SMILES string of the molecule is O=C(Nc1ccc(N2CCc3sccc3C2)cc1)c1cccn(Cc2ccccc2)c1=O. The van der Waals surface area contributed by atoms with Crippen LogP contribution in [-0.2, 0) is 19.5 Å². The van der Waals surface area contributed by atoms with Crippen LogP contribution in [0, 0.1) is 0 Å². The van der Waals surface area contributed by atoms with Gasteiger partial charge in [0, 0.05) is 35.5 Å². The van der Waals surface area contributed by atoms with Crippen LogP contribution in [0.3, 0.4) is 0 Å². The van der Waals surface area contributed by atoms with Crippen LogP contribution in [0.4, 0.5) is 11.4 Å². The summed E-state index contributed by atoms with van der Waals surface area (Å²) < 4.78 is 1.56. The van der Waals surface area contributed by atoms with Crippen molar-refractivity contribution < 1.29 is 4.79 Å². The minimum atomic E-state index is -0.397. The molecular weight excluding hydrogens is 418 g/mol. The van der Waals surface area contributed by atoms with Crippen molar-refractivity contribution >= 4 is 28.6 Å². The fourth-order valence-corrected chi connectivity index (χ4v) is 4.93. The summed E-state index contributed by atoms with van der Waals surface area (Å²) in [5.74, 6) is -0.397. The van der Waals surface area contributed by atoms with E-state index < -0.39 is 5.91 Å². The molecule has 1 N–H and O–H groups in total. The Hall–Kier alpha value is -3.64. The van der Waals surface area contributed by atoms with Crippen molar-refractivity contribution in [1.29, 1.82) is 0 Å². The fraction of sp³-hybridized carbons (Fsp3) is 0.154. The van der Waals surface area contributed by atoms with Crippen LogP contribution in [0.1, 0.15) is 26.4 Å². The molecule has 0 bridgehead atoms. The molecule has 0 unspecified atom stereocenters. The monoisotopic (exact) mass is 441 g/mol. The minimum Gasteiger partial charge on any atom is -0.367 e. The number of aromatic nitrogens is 1. The Bertz CT molecular complexity index is 1290. The van der Waals surface area contributed by atoms with Crippen LogP contribution >= 0.6 is 11.3 Å². The van der Waals surface area contributed by atoms with Crippen LogP contribution in [0.2, 0.25) is 0 Å². The fourth-order valence-electron chi connectivity index (χ4n) is 4.04. The lowest BCUT2D eigenvalue weighted by atomic mass is 10.1. The maximum Gasteiger partial charge on any atom is 0.263 e. The van der Waals surface area contributed by atoms with Gasteiger partial charge < -0.3 is 14.8 Å². The smallest absolute Gasteiger partial charge is 0.263 e. The van der Waals surface area contributed by atoms with E-state index in [1.54, 1.807) is 22.9 Å². The zero-order valence-electron chi connectivity index (χ0n) is 17.5. The van der Waals surface area contributed by atoms with Crippen molar-refractivity contribution in [2.24, 2.45) is 0 Å². The highest BCUT2D eigenvalue weighted by Gasteiger charge is 2.18. The third-order valence-electron chi connectivity index (χ3n) is 5.76. The van der Waals surface area contributed by atoms with E-state index in [0.29, 0.717) is 12.2 Å². The number of amides is 1. The number of nitrogens with zero attached hydrogens (tertiary/aromatic N) is 2. The number of nitrogens with one attached hydrogen (secondary N) is 1. The number of benzene rings is 2. The maximum atomic E-state index is 12.8. The zero-order chi connectivity index (χ0) is 21.9. The summed E-state index contributed by atoms with van der Waals surface area (Å²) in [4.78, 5) is 29.5. The van der Waals surface area contributed by atoms with E-state index in [9.17, 15) is 9.59 Å². The van der Waals surface area contributed by atoms with Crippen LogP contribution in [0.15, 0.2) is 89.2 Å². The Labute approximate surface area is 190 Å². The molecule has 0 saturated carbocycles. The van der Waals surface area contributed by atoms with Gasteiger partial charge in [-0.3, -0.25) is 9.59 Å². The van der Waals surface area contributed by atoms with Crippen molar-refractivity contribution in [3.05, 3.63) is 116 Å². The predicted molar refractivity (Wildman–Crippen MR) is 130 cm³/mol. The topological polar surface area (TPSA) is 54.3 Å². The quantitative estimate of drug-likeness (QED) is 0.485. The second kappa shape index (κ2) is 8.85. The molecule has 2 aromatic carbocycles. The average molecular weight is 442 g/mol. The van der Waals surface area contributed by atoms with Crippen molar-refractivity contribution in [3.63, 3.8) is 0 Å². The summed E-state index contributed by atoms with van der Waals surface area (Å²) in [5, 5.41) is 5.02. The third kappa shape index (κ3) is 4.22. The molecule has 1 aliphatic rings. The Balaban J connectivity index is 1.28. The van der Waals surface area contributed by atoms with Crippen molar-refractivity contribution in [2.45, 2.75) is 19.5 Å². The van der Waals surface area contributed by atoms with E-state index in [1.165, 1.54) is 10.4 Å². The summed E-state index contributed by atoms with van der Waals surface area (Å²) in [6.45, 7) is 2.33. The molecule has 0 saturated heterocycles. The molecule has 4 aromatic rings. The predicted octanol–water partition coefficient (Wildman–Crippen LogP) is 4.77. The summed E-state index contributed by atoms with van der Waals surface area (Å²) in [6, 6.07) is 23.0. The highest BCUT2D eigenvalue weighted by Crippen LogP contribution is 2.28. The molecule has 0 radical (unpaired) electrons. The molecule has 160 valence electrons. The first-order valence-electron chi connectivity index (χ1n) is 10.6. The normalized spacial score (nSPS) is 12.9. The van der Waals surface area contributed by atoms with Gasteiger partial charge in [-0.2, -0.15) is 0 Å². The standard InChI is InChI=1S/C26H23N3O2S/c30-25(23-7-4-14-29(26(23)31)17-19-5-2-1-3-6-19)27-21-8-10-22(11-9-21)28-15-12-24-20(18-28)13-16-32-24/h1-11,13-14,16H,12,15,17-18H2,(H,27,30). The van der Waals surface area contributed by atoms with Crippen LogP contribution in [-0.4, -0.2) is 17.0 Å². The molecule has 0 spiro atoms. The maximum absolute atomic E-state index is 12.8. The molecule has 0 atom stereocenters. The lowest BCUT2D eigenvalue weighted by Crippen LogP contribution is -2.29. The largest absolute Gasteiger partial charge is 0.367 e. The van der Waals surface area contributed by atoms with Gasteiger partial charge >= 0.3 is 0 Å². The minimum absolute atomic E-state index is 0.133. The zero-order valence-corrected chi connectivity index (χ0v) is 18.3. The first-order valence-corrected chi connectivity index (χ1v) is 11.5. The van der Waals surface area contributed by atoms with E-state index in [0.717, 1.165) is 30.8 Å². The molecule has 5 rings (SSSR count). The molecule has 3 heterocycles. The number of carbonyl (C=O) groups is 1. The molecule has 5 nitrogen and oxygen atoms in total. The molecule has 1 aliphatic heterocycles. The van der Waals surface area contributed by atoms with Crippen molar-refractivity contribution in [2.75, 3.05) is 16.8 Å². The van der Waals surface area contributed by atoms with Gasteiger partial charge in [-0.15, -0.1) is 11.3 Å². The van der Waals surface area contributed by atoms with Crippen LogP contribution in [0.5, 0.6) is 0 Å². The van der Waals surface area contributed by atoms with Crippen molar-refractivity contribution in [1.82, 2.24) is 4.57 Å². The number of pyridine rings is 1. The molecule has 2 aromatic heterocycles. The van der Waals surface area contributed by atoms with Crippen LogP contribution < -0.4 is 15.8 Å². The Morgan fingerprint density at radius 2 is 1.78 bits per heavy atom. The second-order valence-electron chi connectivity index (χ2n) is 7.88. The first kappa shape index (κ1) is 20.3. The van der Waals surface area contributed by atoms with Gasteiger partial charge in [0.15, 0.2) is 0 Å². The van der Waals surface area contributed by atoms with Gasteiger partial charge in [-0.25, -0.2) is 0 Å². The third-order valence-corrected chi connectivity index (χ3v) is 6.78. The number of hydrogen-bond acceptors (Lipinski definition) is 4. The molecule has 0 fully saturated rings. The number of rotatable bonds is 5. The molecule has 6 heteroatoms. The Morgan fingerprint density at radius 1 is 0.969 bits per heavy atom. The number of hydrogen-bond donors (Lipinski definition) is 1. The number of anilines is 2. The molecule has 32 heavy (non-hydrogen) atoms. The van der Waals surface area contributed by atoms with Crippen molar-refractivity contribution in [3.8, 4) is 0 Å². The summed E-state index contributed by atoms with van der Waals surface area (Å²) >= 11 is 1.83. The lowest BCUT2D eigenvalue weighted by Gasteiger charge is -2.29. The summed E-state index contributed by atoms with van der Waals surface area (Å²) in [5.41, 5.74) is 4.04. The van der Waals surface area contributed by atoms with Gasteiger partial charge in [0.1, 0.15) is 5.56 Å². The van der Waals surface area contributed by atoms with Gasteiger partial charge in [0.25, 0.3) is 11.5 Å². The number of carbonyl (C=O) groups excluding carboxylic acids is 1. The van der Waals surface area contributed by atoms with E-state index >= 15 is 0 Å². The van der Waals surface area contributed by atoms with Gasteiger partial charge in [0.2, 0.25) is 0 Å². The second-order valence-corrected chi connectivity index (χ2v) is 8.88. The lowest BCUT2D eigenvalue weighted by molar-refractivity contribution is 0.102. The van der Waals surface area contributed by atoms with Gasteiger partial charge in [0.05, 0.1) is 6.54 Å². The van der Waals surface area contributed by atoms with Gasteiger partial charge in [-0.05, 0) is 65.4 Å². The number of thiophene rings is 1. The average Bonchev–Trinajstić information content (AvgIpc) is 3.29. The van der Waals surface area contributed by atoms with E-state index in [-0.39, 0.29) is 11.1 Å². The van der Waals surface area contributed by atoms with Crippen LogP contribution in [0.25, 0.3) is 0 Å². The number of fused-ring (bicyclic) bond motifs is 1. The summed E-state index contributed by atoms with van der Waals surface area (Å²) in [7, 11) is 0. The van der Waals surface area contributed by atoms with E-state index in [2.05, 4.69) is 21.7 Å².